The van der Waals surface area contributed by atoms with E-state index in [0.29, 0.717) is 6.61 Å². The van der Waals surface area contributed by atoms with Crippen molar-refractivity contribution < 1.29 is 4.74 Å². The summed E-state index contributed by atoms with van der Waals surface area (Å²) in [5.41, 5.74) is 0. The maximum atomic E-state index is 5.10. The van der Waals surface area contributed by atoms with Crippen LogP contribution in [-0.4, -0.2) is 24.7 Å². The number of nitrogens with one attached hydrogen (secondary N) is 1. The summed E-state index contributed by atoms with van der Waals surface area (Å²) in [6.45, 7) is 2.42. The Morgan fingerprint density at radius 1 is 1.62 bits per heavy atom. The molecule has 0 aromatic heterocycles. The fourth-order valence-electron chi connectivity index (χ4n) is 0.618. The lowest BCUT2D eigenvalue weighted by atomic mass is 10.5. The number of rotatable bonds is 0. The maximum Gasteiger partial charge on any atom is 0.101 e. The summed E-state index contributed by atoms with van der Waals surface area (Å²) in [5, 5.41) is 3.05. The highest BCUT2D eigenvalue weighted by Crippen LogP contribution is 1.87. The first kappa shape index (κ1) is 5.98. The van der Waals surface area contributed by atoms with Crippen LogP contribution in [0.3, 0.4) is 0 Å². The topological polar surface area (TPSA) is 21.3 Å². The zero-order valence-corrected chi connectivity index (χ0v) is 5.46. The van der Waals surface area contributed by atoms with Gasteiger partial charge >= 0.3 is 0 Å². The van der Waals surface area contributed by atoms with Crippen LogP contribution in [0, 0.1) is 0 Å². The third-order valence-corrected chi connectivity index (χ3v) is 1.28. The lowest BCUT2D eigenvalue weighted by Gasteiger charge is -1.97. The van der Waals surface area contributed by atoms with Gasteiger partial charge in [0.1, 0.15) is 4.99 Å². The van der Waals surface area contributed by atoms with Crippen LogP contribution in [0.1, 0.15) is 6.42 Å². The minimum absolute atomic E-state index is 0.606. The molecular formula is C5H9NOS. The van der Waals surface area contributed by atoms with E-state index in [2.05, 4.69) is 5.32 Å². The smallest absolute Gasteiger partial charge is 0.101 e. The van der Waals surface area contributed by atoms with Gasteiger partial charge in [-0.05, 0) is 6.42 Å². The van der Waals surface area contributed by atoms with E-state index in [1.165, 1.54) is 0 Å². The van der Waals surface area contributed by atoms with Crippen molar-refractivity contribution in [1.29, 1.82) is 0 Å². The SMILES string of the molecule is S=C1COCCCN1. The number of hydrogen-bond donors (Lipinski definition) is 1. The van der Waals surface area contributed by atoms with Crippen LogP contribution in [0.15, 0.2) is 0 Å². The van der Waals surface area contributed by atoms with Crippen molar-refractivity contribution in [3.63, 3.8) is 0 Å². The molecule has 3 heteroatoms. The van der Waals surface area contributed by atoms with Gasteiger partial charge in [0.2, 0.25) is 0 Å². The van der Waals surface area contributed by atoms with E-state index in [1.54, 1.807) is 0 Å². The van der Waals surface area contributed by atoms with Crippen LogP contribution in [0.5, 0.6) is 0 Å². The van der Waals surface area contributed by atoms with Crippen molar-refractivity contribution >= 4 is 17.2 Å². The van der Waals surface area contributed by atoms with Crippen molar-refractivity contribution in [2.75, 3.05) is 19.8 Å². The summed E-state index contributed by atoms with van der Waals surface area (Å²) in [6, 6.07) is 0. The molecule has 46 valence electrons. The van der Waals surface area contributed by atoms with Gasteiger partial charge in [-0.3, -0.25) is 0 Å². The molecule has 1 heterocycles. The van der Waals surface area contributed by atoms with Gasteiger partial charge in [-0.25, -0.2) is 0 Å². The minimum atomic E-state index is 0.606. The molecule has 0 aromatic carbocycles. The van der Waals surface area contributed by atoms with E-state index in [1.807, 2.05) is 0 Å². The average Bonchev–Trinajstić information content (AvgIpc) is 1.94. The van der Waals surface area contributed by atoms with Crippen molar-refractivity contribution in [2.45, 2.75) is 6.42 Å². The lowest BCUT2D eigenvalue weighted by Crippen LogP contribution is -2.22. The molecule has 1 aliphatic heterocycles. The van der Waals surface area contributed by atoms with E-state index < -0.39 is 0 Å². The Morgan fingerprint density at radius 3 is 3.38 bits per heavy atom. The molecule has 0 radical (unpaired) electrons. The predicted octanol–water partition coefficient (Wildman–Crippen LogP) is 0.324. The third-order valence-electron chi connectivity index (χ3n) is 1.02. The summed E-state index contributed by atoms with van der Waals surface area (Å²) >= 11 is 4.86. The van der Waals surface area contributed by atoms with Crippen molar-refractivity contribution in [3.05, 3.63) is 0 Å². The highest BCUT2D eigenvalue weighted by atomic mass is 32.1. The number of hydrogen-bond acceptors (Lipinski definition) is 2. The average molecular weight is 131 g/mol. The molecule has 8 heavy (non-hydrogen) atoms. The second-order valence-corrected chi connectivity index (χ2v) is 2.25. The fraction of sp³-hybridized carbons (Fsp3) is 0.800. The van der Waals surface area contributed by atoms with Crippen LogP contribution in [0.2, 0.25) is 0 Å². The molecule has 1 N–H and O–H groups in total. The quantitative estimate of drug-likeness (QED) is 0.478. The first-order valence-electron chi connectivity index (χ1n) is 2.74. The van der Waals surface area contributed by atoms with Gasteiger partial charge in [-0.1, -0.05) is 12.2 Å². The Kier molecular flexibility index (Phi) is 2.24. The molecule has 0 saturated carbocycles. The zero-order valence-electron chi connectivity index (χ0n) is 4.64. The Bertz CT molecular complexity index is 84.4. The Hall–Kier alpha value is -0.150. The first-order chi connectivity index (χ1) is 3.89. The molecule has 0 amide bonds. The second kappa shape index (κ2) is 2.99. The van der Waals surface area contributed by atoms with Crippen LogP contribution in [-0.2, 0) is 4.74 Å². The highest BCUT2D eigenvalue weighted by molar-refractivity contribution is 7.80. The van der Waals surface area contributed by atoms with Crippen LogP contribution in [0.25, 0.3) is 0 Å². The van der Waals surface area contributed by atoms with E-state index in [-0.39, 0.29) is 0 Å². The van der Waals surface area contributed by atoms with E-state index in [9.17, 15) is 0 Å². The second-order valence-electron chi connectivity index (χ2n) is 1.76. The Labute approximate surface area is 54.2 Å². The normalized spacial score (nSPS) is 21.8. The molecule has 0 bridgehead atoms. The Morgan fingerprint density at radius 2 is 2.50 bits per heavy atom. The fourth-order valence-corrected chi connectivity index (χ4v) is 0.803. The van der Waals surface area contributed by atoms with Crippen LogP contribution >= 0.6 is 12.2 Å². The molecule has 2 nitrogen and oxygen atoms in total. The Balaban J connectivity index is 2.27. The minimum Gasteiger partial charge on any atom is -0.378 e. The molecule has 0 spiro atoms. The molecule has 1 fully saturated rings. The predicted molar refractivity (Wildman–Crippen MR) is 36.0 cm³/mol. The van der Waals surface area contributed by atoms with Gasteiger partial charge in [0.15, 0.2) is 0 Å². The van der Waals surface area contributed by atoms with Crippen molar-refractivity contribution in [2.24, 2.45) is 0 Å². The lowest BCUT2D eigenvalue weighted by molar-refractivity contribution is 0.177. The molecule has 0 aliphatic carbocycles. The van der Waals surface area contributed by atoms with Crippen molar-refractivity contribution in [3.8, 4) is 0 Å². The zero-order chi connectivity index (χ0) is 5.82. The largest absolute Gasteiger partial charge is 0.378 e. The molecule has 0 atom stereocenters. The monoisotopic (exact) mass is 131 g/mol. The van der Waals surface area contributed by atoms with Gasteiger partial charge in [-0.15, -0.1) is 0 Å². The van der Waals surface area contributed by atoms with Crippen molar-refractivity contribution in [1.82, 2.24) is 5.32 Å². The molecule has 1 aliphatic rings. The number of thiocarbonyl (C=S) groups is 1. The summed E-state index contributed by atoms with van der Waals surface area (Å²) < 4.78 is 5.10. The summed E-state index contributed by atoms with van der Waals surface area (Å²) in [7, 11) is 0. The standard InChI is InChI=1S/C5H9NOS/c8-5-4-7-3-1-2-6-5/h1-4H2,(H,6,8). The summed E-state index contributed by atoms with van der Waals surface area (Å²) in [6.07, 6.45) is 1.07. The number of ether oxygens (including phenoxy) is 1. The van der Waals surface area contributed by atoms with Crippen LogP contribution in [0.4, 0.5) is 0 Å². The van der Waals surface area contributed by atoms with E-state index in [0.717, 1.165) is 24.6 Å². The van der Waals surface area contributed by atoms with E-state index in [4.69, 9.17) is 17.0 Å². The van der Waals surface area contributed by atoms with Gasteiger partial charge in [0.05, 0.1) is 6.61 Å². The molecule has 0 unspecified atom stereocenters. The van der Waals surface area contributed by atoms with Gasteiger partial charge in [0.25, 0.3) is 0 Å². The molecular weight excluding hydrogens is 122 g/mol. The summed E-state index contributed by atoms with van der Waals surface area (Å²) in [4.78, 5) is 0.836. The molecule has 1 saturated heterocycles. The van der Waals surface area contributed by atoms with Gasteiger partial charge < -0.3 is 10.1 Å². The third kappa shape index (κ3) is 1.76. The van der Waals surface area contributed by atoms with Gasteiger partial charge in [-0.2, -0.15) is 0 Å². The van der Waals surface area contributed by atoms with E-state index >= 15 is 0 Å². The van der Waals surface area contributed by atoms with Crippen LogP contribution < -0.4 is 5.32 Å². The molecule has 1 rings (SSSR count). The first-order valence-corrected chi connectivity index (χ1v) is 3.15. The maximum absolute atomic E-state index is 5.10. The molecule has 0 aromatic rings. The highest BCUT2D eigenvalue weighted by Gasteiger charge is 1.99. The summed E-state index contributed by atoms with van der Waals surface area (Å²) in [5.74, 6) is 0. The van der Waals surface area contributed by atoms with Gasteiger partial charge in [0, 0.05) is 13.2 Å².